The molecule has 0 bridgehead atoms. The van der Waals surface area contributed by atoms with Gasteiger partial charge in [0.25, 0.3) is 0 Å². The predicted molar refractivity (Wildman–Crippen MR) is 102 cm³/mol. The van der Waals surface area contributed by atoms with Crippen molar-refractivity contribution in [2.24, 2.45) is 0 Å². The molecule has 2 heterocycles. The molecule has 2 aromatic carbocycles. The molecule has 0 aliphatic heterocycles. The van der Waals surface area contributed by atoms with Crippen LogP contribution in [-0.2, 0) is 12.8 Å². The van der Waals surface area contributed by atoms with E-state index in [0.29, 0.717) is 0 Å². The topological polar surface area (TPSA) is 75.8 Å². The van der Waals surface area contributed by atoms with Gasteiger partial charge in [0.15, 0.2) is 0 Å². The summed E-state index contributed by atoms with van der Waals surface area (Å²) >= 11 is 0. The fourth-order valence-corrected chi connectivity index (χ4v) is 2.75. The fraction of sp³-hybridized carbons (Fsp3) is 0.143. The summed E-state index contributed by atoms with van der Waals surface area (Å²) in [6.07, 6.45) is 8.71. The first kappa shape index (κ1) is 16.9. The van der Waals surface area contributed by atoms with E-state index >= 15 is 0 Å². The first-order valence-corrected chi connectivity index (χ1v) is 8.75. The Morgan fingerprint density at radius 2 is 1.07 bits per heavy atom. The second-order valence-corrected chi connectivity index (χ2v) is 6.12. The SMILES string of the molecule is c1c[nH]c(Cc2ccc(OCOc3ccc(Cc4ncc[nH]4)cc3)cc2)n1. The van der Waals surface area contributed by atoms with E-state index in [1.807, 2.05) is 60.9 Å². The van der Waals surface area contributed by atoms with Crippen LogP contribution in [0.15, 0.2) is 73.3 Å². The summed E-state index contributed by atoms with van der Waals surface area (Å²) in [5.74, 6) is 3.44. The Labute approximate surface area is 157 Å². The van der Waals surface area contributed by atoms with Gasteiger partial charge in [-0.15, -0.1) is 0 Å². The minimum atomic E-state index is 0.162. The van der Waals surface area contributed by atoms with Crippen molar-refractivity contribution >= 4 is 0 Å². The summed E-state index contributed by atoms with van der Waals surface area (Å²) in [6.45, 7) is 0.162. The molecule has 0 radical (unpaired) electrons. The average molecular weight is 360 g/mol. The molecular formula is C21H20N4O2. The normalized spacial score (nSPS) is 10.7. The molecule has 136 valence electrons. The van der Waals surface area contributed by atoms with E-state index in [1.54, 1.807) is 12.4 Å². The maximum absolute atomic E-state index is 5.65. The maximum atomic E-state index is 5.65. The molecule has 6 nitrogen and oxygen atoms in total. The number of H-pyrrole nitrogens is 2. The summed E-state index contributed by atoms with van der Waals surface area (Å²) in [6, 6.07) is 15.9. The summed E-state index contributed by atoms with van der Waals surface area (Å²) in [7, 11) is 0. The van der Waals surface area contributed by atoms with Crippen molar-refractivity contribution in [1.29, 1.82) is 0 Å². The van der Waals surface area contributed by atoms with Crippen molar-refractivity contribution in [1.82, 2.24) is 19.9 Å². The van der Waals surface area contributed by atoms with Gasteiger partial charge in [-0.05, 0) is 35.4 Å². The summed E-state index contributed by atoms with van der Waals surface area (Å²) in [5.41, 5.74) is 2.34. The number of rotatable bonds is 8. The molecule has 4 aromatic rings. The molecule has 4 rings (SSSR count). The van der Waals surface area contributed by atoms with Crippen LogP contribution in [0, 0.1) is 0 Å². The minimum Gasteiger partial charge on any atom is -0.458 e. The standard InChI is InChI=1S/C21H20N4O2/c1-5-18(6-2-16(1)13-20-22-9-10-23-20)26-15-27-19-7-3-17(4-8-19)14-21-24-11-12-25-21/h1-12H,13-15H2,(H,22,23)(H,24,25). The zero-order valence-electron chi connectivity index (χ0n) is 14.8. The summed E-state index contributed by atoms with van der Waals surface area (Å²) in [5, 5.41) is 0. The highest BCUT2D eigenvalue weighted by Gasteiger charge is 2.01. The van der Waals surface area contributed by atoms with Gasteiger partial charge in [0.2, 0.25) is 6.79 Å². The fourth-order valence-electron chi connectivity index (χ4n) is 2.75. The van der Waals surface area contributed by atoms with Crippen molar-refractivity contribution in [3.63, 3.8) is 0 Å². The number of nitrogens with one attached hydrogen (secondary N) is 2. The van der Waals surface area contributed by atoms with Gasteiger partial charge in [-0.25, -0.2) is 9.97 Å². The molecule has 0 atom stereocenters. The van der Waals surface area contributed by atoms with Gasteiger partial charge >= 0.3 is 0 Å². The van der Waals surface area contributed by atoms with Crippen molar-refractivity contribution in [2.45, 2.75) is 12.8 Å². The maximum Gasteiger partial charge on any atom is 0.230 e. The largest absolute Gasteiger partial charge is 0.458 e. The Kier molecular flexibility index (Phi) is 5.15. The Bertz CT molecular complexity index is 851. The van der Waals surface area contributed by atoms with Gasteiger partial charge in [-0.3, -0.25) is 0 Å². The highest BCUT2D eigenvalue weighted by Crippen LogP contribution is 2.16. The summed E-state index contributed by atoms with van der Waals surface area (Å²) in [4.78, 5) is 14.7. The third kappa shape index (κ3) is 4.76. The molecule has 0 aliphatic rings. The van der Waals surface area contributed by atoms with E-state index in [-0.39, 0.29) is 6.79 Å². The molecule has 0 fully saturated rings. The Morgan fingerprint density at radius 1 is 0.630 bits per heavy atom. The number of hydrogen-bond acceptors (Lipinski definition) is 4. The molecule has 0 unspecified atom stereocenters. The molecule has 0 saturated carbocycles. The molecule has 0 aliphatic carbocycles. The Balaban J connectivity index is 1.24. The van der Waals surface area contributed by atoms with Gasteiger partial charge < -0.3 is 19.4 Å². The molecular weight excluding hydrogens is 340 g/mol. The first-order valence-electron chi connectivity index (χ1n) is 8.75. The van der Waals surface area contributed by atoms with Crippen LogP contribution in [0.3, 0.4) is 0 Å². The van der Waals surface area contributed by atoms with E-state index in [0.717, 1.165) is 36.0 Å². The van der Waals surface area contributed by atoms with Crippen LogP contribution in [-0.4, -0.2) is 26.7 Å². The number of aromatic amines is 2. The lowest BCUT2D eigenvalue weighted by Crippen LogP contribution is -2.05. The van der Waals surface area contributed by atoms with E-state index in [4.69, 9.17) is 9.47 Å². The molecule has 2 aromatic heterocycles. The number of benzene rings is 2. The van der Waals surface area contributed by atoms with Crippen molar-refractivity contribution in [2.75, 3.05) is 6.79 Å². The van der Waals surface area contributed by atoms with Crippen LogP contribution < -0.4 is 9.47 Å². The molecule has 0 saturated heterocycles. The van der Waals surface area contributed by atoms with Crippen molar-refractivity contribution in [3.05, 3.63) is 96.1 Å². The second kappa shape index (κ2) is 8.23. The number of ether oxygens (including phenoxy) is 2. The number of hydrogen-bond donors (Lipinski definition) is 2. The monoisotopic (exact) mass is 360 g/mol. The molecule has 27 heavy (non-hydrogen) atoms. The third-order valence-electron chi connectivity index (χ3n) is 4.15. The number of imidazole rings is 2. The Morgan fingerprint density at radius 3 is 1.44 bits per heavy atom. The van der Waals surface area contributed by atoms with E-state index in [9.17, 15) is 0 Å². The lowest BCUT2D eigenvalue weighted by atomic mass is 10.1. The molecule has 0 spiro atoms. The van der Waals surface area contributed by atoms with Crippen molar-refractivity contribution in [3.8, 4) is 11.5 Å². The minimum absolute atomic E-state index is 0.162. The highest BCUT2D eigenvalue weighted by molar-refractivity contribution is 5.30. The van der Waals surface area contributed by atoms with Gasteiger partial charge in [0.05, 0.1) is 0 Å². The highest BCUT2D eigenvalue weighted by atomic mass is 16.7. The third-order valence-corrected chi connectivity index (χ3v) is 4.15. The van der Waals surface area contributed by atoms with Gasteiger partial charge in [-0.1, -0.05) is 24.3 Å². The number of aromatic nitrogens is 4. The van der Waals surface area contributed by atoms with Crippen LogP contribution in [0.5, 0.6) is 11.5 Å². The van der Waals surface area contributed by atoms with Crippen LogP contribution in [0.2, 0.25) is 0 Å². The average Bonchev–Trinajstić information content (AvgIpc) is 3.39. The zero-order chi connectivity index (χ0) is 18.3. The van der Waals surface area contributed by atoms with Gasteiger partial charge in [0, 0.05) is 37.6 Å². The van der Waals surface area contributed by atoms with Crippen LogP contribution >= 0.6 is 0 Å². The second-order valence-electron chi connectivity index (χ2n) is 6.12. The molecule has 6 heteroatoms. The first-order chi connectivity index (χ1) is 13.3. The van der Waals surface area contributed by atoms with Gasteiger partial charge in [0.1, 0.15) is 23.1 Å². The zero-order valence-corrected chi connectivity index (χ0v) is 14.8. The van der Waals surface area contributed by atoms with E-state index < -0.39 is 0 Å². The quantitative estimate of drug-likeness (QED) is 0.470. The smallest absolute Gasteiger partial charge is 0.230 e. The summed E-state index contributed by atoms with van der Waals surface area (Å²) < 4.78 is 11.3. The van der Waals surface area contributed by atoms with Crippen LogP contribution in [0.25, 0.3) is 0 Å². The van der Waals surface area contributed by atoms with Crippen LogP contribution in [0.4, 0.5) is 0 Å². The van der Waals surface area contributed by atoms with Gasteiger partial charge in [-0.2, -0.15) is 0 Å². The lowest BCUT2D eigenvalue weighted by Gasteiger charge is -2.09. The Hall–Kier alpha value is -3.54. The molecule has 0 amide bonds. The lowest BCUT2D eigenvalue weighted by molar-refractivity contribution is 0.120. The van der Waals surface area contributed by atoms with E-state index in [1.165, 1.54) is 11.1 Å². The molecule has 2 N–H and O–H groups in total. The van der Waals surface area contributed by atoms with Crippen LogP contribution in [0.1, 0.15) is 22.8 Å². The number of nitrogens with zero attached hydrogens (tertiary/aromatic N) is 2. The van der Waals surface area contributed by atoms with E-state index in [2.05, 4.69) is 19.9 Å². The predicted octanol–water partition coefficient (Wildman–Crippen LogP) is 3.73. The van der Waals surface area contributed by atoms with Crippen molar-refractivity contribution < 1.29 is 9.47 Å².